The number of hydrogen-bond donors (Lipinski definition) is 0. The summed E-state index contributed by atoms with van der Waals surface area (Å²) in [5.41, 5.74) is 1.26. The maximum atomic E-state index is 13.0. The third-order valence-electron chi connectivity index (χ3n) is 5.68. The summed E-state index contributed by atoms with van der Waals surface area (Å²) in [4.78, 5) is 25.9. The van der Waals surface area contributed by atoms with Crippen molar-refractivity contribution in [2.75, 3.05) is 0 Å². The van der Waals surface area contributed by atoms with Crippen LogP contribution in [0.4, 0.5) is 0 Å². The van der Waals surface area contributed by atoms with Crippen molar-refractivity contribution in [3.8, 4) is 0 Å². The second-order valence-electron chi connectivity index (χ2n) is 7.34. The first-order valence-corrected chi connectivity index (χ1v) is 8.03. The Morgan fingerprint density at radius 1 is 1.05 bits per heavy atom. The Morgan fingerprint density at radius 2 is 1.68 bits per heavy atom. The molecule has 4 rings (SSSR count). The van der Waals surface area contributed by atoms with Gasteiger partial charge in [-0.15, -0.1) is 0 Å². The normalized spacial score (nSPS) is 32.2. The SMILES string of the molecule is C[C@@H]1CC[C@H]2[C@H]1C1=C(OC2(C)C)C(=O)c2ccccc2C1=O. The number of rotatable bonds is 0. The van der Waals surface area contributed by atoms with Crippen LogP contribution in [0.3, 0.4) is 0 Å². The summed E-state index contributed by atoms with van der Waals surface area (Å²) in [6.07, 6.45) is 2.14. The second kappa shape index (κ2) is 4.31. The predicted molar refractivity (Wildman–Crippen MR) is 82.7 cm³/mol. The number of carbonyl (C=O) groups is 2. The van der Waals surface area contributed by atoms with E-state index in [1.54, 1.807) is 18.2 Å². The molecule has 3 aliphatic rings. The molecule has 1 saturated carbocycles. The molecule has 1 aromatic rings. The molecule has 0 unspecified atom stereocenters. The van der Waals surface area contributed by atoms with Crippen LogP contribution in [0.2, 0.25) is 0 Å². The second-order valence-corrected chi connectivity index (χ2v) is 7.34. The average molecular weight is 296 g/mol. The van der Waals surface area contributed by atoms with Crippen LogP contribution in [0.15, 0.2) is 35.6 Å². The Hall–Kier alpha value is -1.90. The van der Waals surface area contributed by atoms with Crippen LogP contribution in [0.1, 0.15) is 54.3 Å². The minimum atomic E-state index is -0.392. The van der Waals surface area contributed by atoms with Gasteiger partial charge >= 0.3 is 0 Å². The monoisotopic (exact) mass is 296 g/mol. The van der Waals surface area contributed by atoms with Gasteiger partial charge in [0.1, 0.15) is 5.60 Å². The fraction of sp³-hybridized carbons (Fsp3) is 0.474. The van der Waals surface area contributed by atoms with E-state index in [-0.39, 0.29) is 17.5 Å². The first-order valence-electron chi connectivity index (χ1n) is 8.03. The molecule has 1 fully saturated rings. The Balaban J connectivity index is 1.94. The Bertz CT molecular complexity index is 726. The zero-order valence-corrected chi connectivity index (χ0v) is 13.2. The lowest BCUT2D eigenvalue weighted by Gasteiger charge is -2.44. The predicted octanol–water partition coefficient (Wildman–Crippen LogP) is 3.79. The molecule has 0 radical (unpaired) electrons. The van der Waals surface area contributed by atoms with Crippen molar-refractivity contribution in [1.29, 1.82) is 0 Å². The van der Waals surface area contributed by atoms with E-state index in [0.717, 1.165) is 12.8 Å². The molecule has 22 heavy (non-hydrogen) atoms. The van der Waals surface area contributed by atoms with Gasteiger partial charge in [-0.3, -0.25) is 9.59 Å². The molecule has 1 aromatic carbocycles. The number of fused-ring (bicyclic) bond motifs is 3. The van der Waals surface area contributed by atoms with Gasteiger partial charge in [0.15, 0.2) is 11.5 Å². The molecule has 0 aromatic heterocycles. The van der Waals surface area contributed by atoms with Crippen LogP contribution in [-0.2, 0) is 4.74 Å². The van der Waals surface area contributed by atoms with Crippen LogP contribution in [-0.4, -0.2) is 17.2 Å². The largest absolute Gasteiger partial charge is 0.483 e. The maximum absolute atomic E-state index is 13.0. The molecule has 3 nitrogen and oxygen atoms in total. The summed E-state index contributed by atoms with van der Waals surface area (Å²) in [6, 6.07) is 7.09. The van der Waals surface area contributed by atoms with E-state index in [2.05, 4.69) is 6.92 Å². The van der Waals surface area contributed by atoms with Gasteiger partial charge in [-0.1, -0.05) is 31.2 Å². The fourth-order valence-electron chi connectivity index (χ4n) is 4.58. The van der Waals surface area contributed by atoms with E-state index >= 15 is 0 Å². The van der Waals surface area contributed by atoms with Crippen molar-refractivity contribution >= 4 is 11.6 Å². The van der Waals surface area contributed by atoms with Crippen LogP contribution in [0, 0.1) is 17.8 Å². The highest BCUT2D eigenvalue weighted by Gasteiger charge is 2.54. The highest BCUT2D eigenvalue weighted by molar-refractivity contribution is 6.26. The van der Waals surface area contributed by atoms with Gasteiger partial charge in [0, 0.05) is 23.0 Å². The Morgan fingerprint density at radius 3 is 2.36 bits per heavy atom. The summed E-state index contributed by atoms with van der Waals surface area (Å²) in [5, 5.41) is 0. The molecule has 3 heteroatoms. The van der Waals surface area contributed by atoms with Gasteiger partial charge in [-0.25, -0.2) is 0 Å². The first-order chi connectivity index (χ1) is 10.4. The zero-order valence-electron chi connectivity index (χ0n) is 13.2. The lowest BCUT2D eigenvalue weighted by atomic mass is 9.69. The van der Waals surface area contributed by atoms with E-state index in [1.165, 1.54) is 0 Å². The molecular weight excluding hydrogens is 276 g/mol. The third kappa shape index (κ3) is 1.62. The van der Waals surface area contributed by atoms with Gasteiger partial charge in [-0.05, 0) is 32.6 Å². The van der Waals surface area contributed by atoms with Crippen LogP contribution in [0.25, 0.3) is 0 Å². The molecule has 0 spiro atoms. The van der Waals surface area contributed by atoms with Crippen molar-refractivity contribution < 1.29 is 14.3 Å². The van der Waals surface area contributed by atoms with E-state index in [0.29, 0.717) is 34.3 Å². The van der Waals surface area contributed by atoms with Crippen LogP contribution < -0.4 is 0 Å². The standard InChI is InChI=1S/C19H20O3/c1-10-8-9-13-14(10)15-16(20)11-6-4-5-7-12(11)17(21)18(15)22-19(13,2)3/h4-7,10,13-14H,8-9H2,1-3H3/t10-,13+,14+/m1/s1. The van der Waals surface area contributed by atoms with Crippen molar-refractivity contribution in [2.24, 2.45) is 17.8 Å². The quantitative estimate of drug-likeness (QED) is 0.731. The van der Waals surface area contributed by atoms with Gasteiger partial charge in [0.25, 0.3) is 0 Å². The molecule has 0 saturated heterocycles. The van der Waals surface area contributed by atoms with E-state index in [9.17, 15) is 9.59 Å². The smallest absolute Gasteiger partial charge is 0.228 e. The molecule has 1 heterocycles. The van der Waals surface area contributed by atoms with E-state index in [1.807, 2.05) is 19.9 Å². The molecule has 0 N–H and O–H groups in total. The number of hydrogen-bond acceptors (Lipinski definition) is 3. The fourth-order valence-corrected chi connectivity index (χ4v) is 4.58. The molecule has 0 bridgehead atoms. The zero-order chi connectivity index (χ0) is 15.6. The number of benzene rings is 1. The summed E-state index contributed by atoms with van der Waals surface area (Å²) in [5.74, 6) is 1.04. The van der Waals surface area contributed by atoms with Gasteiger partial charge in [0.2, 0.25) is 5.78 Å². The minimum absolute atomic E-state index is 0.00977. The van der Waals surface area contributed by atoms with Gasteiger partial charge in [0.05, 0.1) is 5.57 Å². The highest BCUT2D eigenvalue weighted by Crippen LogP contribution is 2.54. The number of carbonyl (C=O) groups excluding carboxylic acids is 2. The number of ketones is 2. The first kappa shape index (κ1) is 13.7. The molecule has 0 amide bonds. The lowest BCUT2D eigenvalue weighted by Crippen LogP contribution is -2.46. The number of allylic oxidation sites excluding steroid dienone is 2. The molecule has 114 valence electrons. The minimum Gasteiger partial charge on any atom is -0.483 e. The third-order valence-corrected chi connectivity index (χ3v) is 5.68. The maximum Gasteiger partial charge on any atom is 0.228 e. The Labute approximate surface area is 130 Å². The van der Waals surface area contributed by atoms with Gasteiger partial charge in [-0.2, -0.15) is 0 Å². The highest BCUT2D eigenvalue weighted by atomic mass is 16.5. The molecule has 1 aliphatic heterocycles. The van der Waals surface area contributed by atoms with Crippen molar-refractivity contribution in [3.05, 3.63) is 46.7 Å². The van der Waals surface area contributed by atoms with E-state index in [4.69, 9.17) is 4.74 Å². The topological polar surface area (TPSA) is 43.4 Å². The van der Waals surface area contributed by atoms with Crippen molar-refractivity contribution in [3.63, 3.8) is 0 Å². The Kier molecular flexibility index (Phi) is 2.69. The molecule has 2 aliphatic carbocycles. The van der Waals surface area contributed by atoms with Crippen LogP contribution in [0.5, 0.6) is 0 Å². The molecule has 3 atom stereocenters. The van der Waals surface area contributed by atoms with E-state index < -0.39 is 5.60 Å². The summed E-state index contributed by atoms with van der Waals surface area (Å²) < 4.78 is 6.09. The summed E-state index contributed by atoms with van der Waals surface area (Å²) in [6.45, 7) is 6.28. The van der Waals surface area contributed by atoms with Crippen molar-refractivity contribution in [1.82, 2.24) is 0 Å². The summed E-state index contributed by atoms with van der Waals surface area (Å²) in [7, 11) is 0. The lowest BCUT2D eigenvalue weighted by molar-refractivity contribution is -0.0466. The van der Waals surface area contributed by atoms with Crippen LogP contribution >= 0.6 is 0 Å². The average Bonchev–Trinajstić information content (AvgIpc) is 2.88. The number of ether oxygens (including phenoxy) is 1. The van der Waals surface area contributed by atoms with Gasteiger partial charge < -0.3 is 4.74 Å². The van der Waals surface area contributed by atoms with Crippen molar-refractivity contribution in [2.45, 2.75) is 39.2 Å². The number of Topliss-reactive ketones (excluding diaryl/α,β-unsaturated/α-hetero) is 2. The molecular formula is C19H20O3. The summed E-state index contributed by atoms with van der Waals surface area (Å²) >= 11 is 0.